The van der Waals surface area contributed by atoms with Gasteiger partial charge >= 0.3 is 0 Å². The van der Waals surface area contributed by atoms with E-state index in [9.17, 15) is 4.79 Å². The van der Waals surface area contributed by atoms with Crippen molar-refractivity contribution in [1.82, 2.24) is 5.32 Å². The van der Waals surface area contributed by atoms with Crippen LogP contribution in [0.25, 0.3) is 0 Å². The molecule has 0 aliphatic rings. The van der Waals surface area contributed by atoms with Gasteiger partial charge in [0.2, 0.25) is 0 Å². The smallest absolute Gasteiger partial charge is 0.140 e. The third kappa shape index (κ3) is 3.67. The first kappa shape index (κ1) is 8.11. The molecule has 0 aliphatic heterocycles. The molecule has 0 aromatic rings. The van der Waals surface area contributed by atoms with E-state index < -0.39 is 0 Å². The summed E-state index contributed by atoms with van der Waals surface area (Å²) >= 11 is 0. The number of carbonyl (C=O) groups excluding carboxylic acids is 1. The predicted molar refractivity (Wildman–Crippen MR) is 38.2 cm³/mol. The van der Waals surface area contributed by atoms with Crippen molar-refractivity contribution in [2.75, 3.05) is 6.54 Å². The number of hydrogen-bond acceptors (Lipinski definition) is 2. The van der Waals surface area contributed by atoms with E-state index in [1.807, 2.05) is 0 Å². The SMILES string of the molecule is C=CCN[C@@H](C=C)C=O. The summed E-state index contributed by atoms with van der Waals surface area (Å²) in [5.74, 6) is 0. The van der Waals surface area contributed by atoms with Gasteiger partial charge in [-0.25, -0.2) is 0 Å². The molecule has 0 aromatic heterocycles. The Morgan fingerprint density at radius 1 is 1.56 bits per heavy atom. The van der Waals surface area contributed by atoms with Crippen LogP contribution in [0.4, 0.5) is 0 Å². The van der Waals surface area contributed by atoms with E-state index in [0.29, 0.717) is 6.54 Å². The fourth-order valence-corrected chi connectivity index (χ4v) is 0.406. The van der Waals surface area contributed by atoms with Gasteiger partial charge in [0.15, 0.2) is 0 Å². The maximum absolute atomic E-state index is 10.1. The Balaban J connectivity index is 3.41. The lowest BCUT2D eigenvalue weighted by atomic mass is 10.3. The molecule has 0 amide bonds. The fourth-order valence-electron chi connectivity index (χ4n) is 0.406. The van der Waals surface area contributed by atoms with E-state index in [1.54, 1.807) is 12.2 Å². The second-order valence-corrected chi connectivity index (χ2v) is 1.59. The molecule has 0 saturated heterocycles. The van der Waals surface area contributed by atoms with Crippen molar-refractivity contribution in [3.8, 4) is 0 Å². The average Bonchev–Trinajstić information content (AvgIpc) is 1.91. The molecule has 2 heteroatoms. The van der Waals surface area contributed by atoms with Gasteiger partial charge in [-0.15, -0.1) is 13.2 Å². The van der Waals surface area contributed by atoms with Gasteiger partial charge in [0, 0.05) is 6.54 Å². The van der Waals surface area contributed by atoms with Gasteiger partial charge in [-0.05, 0) is 0 Å². The second kappa shape index (κ2) is 5.25. The molecule has 0 saturated carbocycles. The lowest BCUT2D eigenvalue weighted by Crippen LogP contribution is -2.27. The quantitative estimate of drug-likeness (QED) is 0.428. The first-order valence-corrected chi connectivity index (χ1v) is 2.77. The number of aldehydes is 1. The standard InChI is InChI=1S/C7H11NO/c1-3-5-8-7(4-2)6-9/h3-4,6-8H,1-2,5H2/t7-/m0/s1. The molecular formula is C7H11NO. The summed E-state index contributed by atoms with van der Waals surface area (Å²) in [4.78, 5) is 10.1. The Morgan fingerprint density at radius 3 is 2.56 bits per heavy atom. The van der Waals surface area contributed by atoms with Crippen LogP contribution in [-0.4, -0.2) is 18.9 Å². The largest absolute Gasteiger partial charge is 0.301 e. The summed E-state index contributed by atoms with van der Waals surface area (Å²) < 4.78 is 0. The first-order valence-electron chi connectivity index (χ1n) is 2.77. The van der Waals surface area contributed by atoms with Gasteiger partial charge < -0.3 is 10.1 Å². The summed E-state index contributed by atoms with van der Waals surface area (Å²) in [7, 11) is 0. The molecule has 1 N–H and O–H groups in total. The molecule has 1 atom stereocenters. The van der Waals surface area contributed by atoms with Crippen LogP contribution in [0.15, 0.2) is 25.3 Å². The Kier molecular flexibility index (Phi) is 4.73. The highest BCUT2D eigenvalue weighted by Gasteiger charge is 1.95. The lowest BCUT2D eigenvalue weighted by molar-refractivity contribution is -0.108. The molecule has 50 valence electrons. The maximum Gasteiger partial charge on any atom is 0.140 e. The predicted octanol–water partition coefficient (Wildman–Crippen LogP) is 0.515. The van der Waals surface area contributed by atoms with Crippen LogP contribution < -0.4 is 5.32 Å². The van der Waals surface area contributed by atoms with Crippen LogP contribution in [0, 0.1) is 0 Å². The highest BCUT2D eigenvalue weighted by molar-refractivity contribution is 5.60. The van der Waals surface area contributed by atoms with Gasteiger partial charge in [-0.3, -0.25) is 0 Å². The van der Waals surface area contributed by atoms with Crippen molar-refractivity contribution in [2.24, 2.45) is 0 Å². The Hall–Kier alpha value is -0.890. The average molecular weight is 125 g/mol. The van der Waals surface area contributed by atoms with Gasteiger partial charge in [0.25, 0.3) is 0 Å². The van der Waals surface area contributed by atoms with Crippen LogP contribution in [0.3, 0.4) is 0 Å². The molecule has 2 nitrogen and oxygen atoms in total. The minimum atomic E-state index is -0.233. The molecule has 0 aromatic carbocycles. The topological polar surface area (TPSA) is 29.1 Å². The van der Waals surface area contributed by atoms with Crippen molar-refractivity contribution in [1.29, 1.82) is 0 Å². The van der Waals surface area contributed by atoms with Crippen molar-refractivity contribution >= 4 is 6.29 Å². The Labute approximate surface area is 55.3 Å². The van der Waals surface area contributed by atoms with Crippen LogP contribution in [-0.2, 0) is 4.79 Å². The Bertz CT molecular complexity index is 101. The molecule has 0 bridgehead atoms. The van der Waals surface area contributed by atoms with E-state index in [0.717, 1.165) is 6.29 Å². The Morgan fingerprint density at radius 2 is 2.22 bits per heavy atom. The van der Waals surface area contributed by atoms with E-state index >= 15 is 0 Å². The number of carbonyl (C=O) groups is 1. The zero-order valence-electron chi connectivity index (χ0n) is 5.34. The molecule has 0 radical (unpaired) electrons. The third-order valence-corrected chi connectivity index (χ3v) is 0.898. The van der Waals surface area contributed by atoms with Crippen molar-refractivity contribution in [2.45, 2.75) is 6.04 Å². The van der Waals surface area contributed by atoms with E-state index in [2.05, 4.69) is 18.5 Å². The monoisotopic (exact) mass is 125 g/mol. The lowest BCUT2D eigenvalue weighted by Gasteiger charge is -2.02. The van der Waals surface area contributed by atoms with Gasteiger partial charge in [0.05, 0.1) is 6.04 Å². The minimum absolute atomic E-state index is 0.233. The summed E-state index contributed by atoms with van der Waals surface area (Å²) in [6.07, 6.45) is 4.05. The zero-order chi connectivity index (χ0) is 7.11. The molecule has 0 fully saturated rings. The molecule has 0 heterocycles. The zero-order valence-corrected chi connectivity index (χ0v) is 5.34. The summed E-state index contributed by atoms with van der Waals surface area (Å²) in [5, 5.41) is 2.86. The van der Waals surface area contributed by atoms with Crippen LogP contribution in [0.2, 0.25) is 0 Å². The molecular weight excluding hydrogens is 114 g/mol. The summed E-state index contributed by atoms with van der Waals surface area (Å²) in [6.45, 7) is 7.58. The van der Waals surface area contributed by atoms with Crippen molar-refractivity contribution in [3.05, 3.63) is 25.3 Å². The normalized spacial score (nSPS) is 12.0. The van der Waals surface area contributed by atoms with Gasteiger partial charge in [-0.1, -0.05) is 12.2 Å². The van der Waals surface area contributed by atoms with E-state index in [4.69, 9.17) is 0 Å². The molecule has 0 rings (SSSR count). The van der Waals surface area contributed by atoms with Crippen LogP contribution in [0.1, 0.15) is 0 Å². The highest BCUT2D eigenvalue weighted by atomic mass is 16.1. The minimum Gasteiger partial charge on any atom is -0.301 e. The third-order valence-electron chi connectivity index (χ3n) is 0.898. The number of rotatable bonds is 5. The molecule has 9 heavy (non-hydrogen) atoms. The summed E-state index contributed by atoms with van der Waals surface area (Å²) in [6, 6.07) is -0.233. The fraction of sp³-hybridized carbons (Fsp3) is 0.286. The molecule has 0 spiro atoms. The second-order valence-electron chi connectivity index (χ2n) is 1.59. The number of hydrogen-bond donors (Lipinski definition) is 1. The number of nitrogens with one attached hydrogen (secondary N) is 1. The van der Waals surface area contributed by atoms with Crippen LogP contribution in [0.5, 0.6) is 0 Å². The highest BCUT2D eigenvalue weighted by Crippen LogP contribution is 1.76. The van der Waals surface area contributed by atoms with Gasteiger partial charge in [-0.2, -0.15) is 0 Å². The molecule has 0 unspecified atom stereocenters. The maximum atomic E-state index is 10.1. The molecule has 0 aliphatic carbocycles. The summed E-state index contributed by atoms with van der Waals surface area (Å²) in [5.41, 5.74) is 0. The van der Waals surface area contributed by atoms with Crippen molar-refractivity contribution in [3.63, 3.8) is 0 Å². The van der Waals surface area contributed by atoms with Gasteiger partial charge in [0.1, 0.15) is 6.29 Å². The van der Waals surface area contributed by atoms with Crippen LogP contribution >= 0.6 is 0 Å². The first-order chi connectivity index (χ1) is 4.35. The van der Waals surface area contributed by atoms with Crippen molar-refractivity contribution < 1.29 is 4.79 Å². The van der Waals surface area contributed by atoms with E-state index in [-0.39, 0.29) is 6.04 Å². The van der Waals surface area contributed by atoms with E-state index in [1.165, 1.54) is 0 Å².